The van der Waals surface area contributed by atoms with Crippen LogP contribution in [0.15, 0.2) is 121 Å². The zero-order valence-corrected chi connectivity index (χ0v) is 56.1. The minimum absolute atomic E-state index is 0.188. The number of hydrogen-bond donors (Lipinski definition) is 2. The topological polar surface area (TPSA) is 139 Å². The third kappa shape index (κ3) is 54.8. The molecule has 15 heteroatoms. The summed E-state index contributed by atoms with van der Waals surface area (Å²) in [5.74, 6) is 3.32. The van der Waals surface area contributed by atoms with Gasteiger partial charge in [0.05, 0.1) is 32.7 Å². The molecular formula is C64H116O12Si3. The number of epoxide rings is 2. The summed E-state index contributed by atoms with van der Waals surface area (Å²) in [5, 5.41) is 20.3. The van der Waals surface area contributed by atoms with Crippen molar-refractivity contribution in [1.29, 1.82) is 0 Å². The van der Waals surface area contributed by atoms with Gasteiger partial charge in [0.25, 0.3) is 0 Å². The highest BCUT2D eigenvalue weighted by molar-refractivity contribution is 6.87. The average Bonchev–Trinajstić information content (AvgIpc) is 4.39. The minimum Gasteiger partial charge on any atom is -0.491 e. The van der Waals surface area contributed by atoms with E-state index in [1.807, 2.05) is 149 Å². The van der Waals surface area contributed by atoms with Crippen LogP contribution in [0.2, 0.25) is 45.3 Å². The second-order valence-corrected chi connectivity index (χ2v) is 32.3. The molecule has 0 saturated carbocycles. The van der Waals surface area contributed by atoms with Crippen LogP contribution in [-0.2, 0) is 27.2 Å². The molecule has 0 radical (unpaired) electrons. The molecule has 2 fully saturated rings. The van der Waals surface area contributed by atoms with Gasteiger partial charge in [-0.15, -0.1) is 0 Å². The molecule has 4 aromatic carbocycles. The third-order valence-electron chi connectivity index (χ3n) is 9.22. The van der Waals surface area contributed by atoms with E-state index in [4.69, 9.17) is 46.1 Å². The van der Waals surface area contributed by atoms with Crippen LogP contribution in [0.3, 0.4) is 0 Å². The molecule has 0 bridgehead atoms. The molecule has 4 atom stereocenters. The van der Waals surface area contributed by atoms with Crippen molar-refractivity contribution in [3.05, 3.63) is 121 Å². The van der Waals surface area contributed by atoms with Crippen molar-refractivity contribution in [2.24, 2.45) is 0 Å². The maximum atomic E-state index is 10.2. The van der Waals surface area contributed by atoms with Gasteiger partial charge in [0.2, 0.25) is 8.32 Å². The lowest BCUT2D eigenvalue weighted by Gasteiger charge is -2.38. The largest absolute Gasteiger partial charge is 0.491 e. The summed E-state index contributed by atoms with van der Waals surface area (Å²) < 4.78 is 56.7. The molecule has 2 saturated heterocycles. The number of hydrogen-bond acceptors (Lipinski definition) is 12. The zero-order chi connectivity index (χ0) is 60.1. The maximum absolute atomic E-state index is 10.2. The van der Waals surface area contributed by atoms with Gasteiger partial charge < -0.3 is 56.3 Å². The van der Waals surface area contributed by atoms with Crippen LogP contribution >= 0.6 is 0 Å². The quantitative estimate of drug-likeness (QED) is 0.0318. The molecule has 2 N–H and O–H groups in total. The Kier molecular flexibility index (Phi) is 54.1. The summed E-state index contributed by atoms with van der Waals surface area (Å²) in [6, 6.07) is 39.6. The lowest BCUT2D eigenvalue weighted by molar-refractivity contribution is 0.0110. The molecule has 2 aliphatic rings. The normalized spacial score (nSPS) is 14.3. The number of aliphatic hydroxyl groups excluding tert-OH is 2. The summed E-state index contributed by atoms with van der Waals surface area (Å²) in [6.45, 7) is 42.6. The molecule has 12 nitrogen and oxygen atoms in total. The van der Waals surface area contributed by atoms with Gasteiger partial charge in [-0.25, -0.2) is 0 Å². The van der Waals surface area contributed by atoms with Gasteiger partial charge in [0.15, 0.2) is 8.32 Å². The van der Waals surface area contributed by atoms with E-state index in [1.165, 1.54) is 25.7 Å². The molecule has 4 aromatic rings. The molecule has 0 aliphatic carbocycles. The lowest BCUT2D eigenvalue weighted by atomic mass is 10.3. The van der Waals surface area contributed by atoms with E-state index in [0.717, 1.165) is 61.5 Å². The number of rotatable bonds is 28. The van der Waals surface area contributed by atoms with E-state index in [9.17, 15) is 10.2 Å². The molecule has 6 rings (SSSR count). The van der Waals surface area contributed by atoms with E-state index in [2.05, 4.69) is 94.7 Å². The maximum Gasteiger partial charge on any atom is 0.311 e. The van der Waals surface area contributed by atoms with Crippen LogP contribution in [0.25, 0.3) is 0 Å². The first-order valence-corrected chi connectivity index (χ1v) is 38.8. The monoisotopic (exact) mass is 1160 g/mol. The lowest BCUT2D eigenvalue weighted by Crippen LogP contribution is -2.54. The van der Waals surface area contributed by atoms with Gasteiger partial charge in [-0.05, 0) is 100 Å². The molecule has 2 aliphatic heterocycles. The van der Waals surface area contributed by atoms with Gasteiger partial charge in [-0.3, -0.25) is 0 Å². The van der Waals surface area contributed by atoms with Crippen molar-refractivity contribution in [1.82, 2.24) is 0 Å². The van der Waals surface area contributed by atoms with Crippen LogP contribution in [0.4, 0.5) is 0 Å². The Balaban J connectivity index is -0.00000121. The first kappa shape index (κ1) is 79.6. The van der Waals surface area contributed by atoms with Crippen molar-refractivity contribution in [3.8, 4) is 23.0 Å². The Morgan fingerprint density at radius 1 is 0.430 bits per heavy atom. The van der Waals surface area contributed by atoms with Crippen LogP contribution in [0, 0.1) is 0 Å². The fourth-order valence-corrected chi connectivity index (χ4v) is 19.8. The van der Waals surface area contributed by atoms with Gasteiger partial charge in [0.1, 0.15) is 73.8 Å². The summed E-state index contributed by atoms with van der Waals surface area (Å²) in [6.07, 6.45) is 7.93. The SMILES string of the molecule is CC.CC.CCC.CCC.CCC.CCC.C[Si](C)(CCCCCOCC(O)COc1ccccc1)O[Si](C)(C)O[Si](C)(C)COCC(O)COc1ccccc1.c1ccc(OCC2CO2)cc1.c1ccc(OCC2CO2)cc1. The van der Waals surface area contributed by atoms with Gasteiger partial charge in [0, 0.05) is 6.61 Å². The predicted octanol–water partition coefficient (Wildman–Crippen LogP) is 16.4. The molecular weight excluding hydrogens is 1040 g/mol. The highest BCUT2D eigenvalue weighted by Crippen LogP contribution is 2.25. The average molecular weight is 1160 g/mol. The second kappa shape index (κ2) is 53.7. The summed E-state index contributed by atoms with van der Waals surface area (Å²) >= 11 is 0. The molecule has 0 amide bonds. The Morgan fingerprint density at radius 2 is 0.734 bits per heavy atom. The fourth-order valence-electron chi connectivity index (χ4n) is 6.28. The van der Waals surface area contributed by atoms with Crippen LogP contribution in [0.5, 0.6) is 23.0 Å². The summed E-state index contributed by atoms with van der Waals surface area (Å²) in [7, 11) is -6.38. The molecule has 0 spiro atoms. The van der Waals surface area contributed by atoms with Crippen molar-refractivity contribution in [2.75, 3.05) is 65.7 Å². The highest BCUT2D eigenvalue weighted by Gasteiger charge is 2.39. The first-order chi connectivity index (χ1) is 37.9. The van der Waals surface area contributed by atoms with Crippen molar-refractivity contribution in [3.63, 3.8) is 0 Å². The summed E-state index contributed by atoms with van der Waals surface area (Å²) in [5.41, 5.74) is 0. The van der Waals surface area contributed by atoms with Crippen LogP contribution in [0.1, 0.15) is 128 Å². The van der Waals surface area contributed by atoms with Gasteiger partial charge in [-0.2, -0.15) is 0 Å². The predicted molar refractivity (Wildman–Crippen MR) is 341 cm³/mol. The highest BCUT2D eigenvalue weighted by atomic mass is 28.5. The Hall–Kier alpha value is -3.59. The Labute approximate surface area is 487 Å². The molecule has 2 heterocycles. The van der Waals surface area contributed by atoms with Crippen molar-refractivity contribution < 1.29 is 56.3 Å². The van der Waals surface area contributed by atoms with E-state index in [0.29, 0.717) is 38.3 Å². The number of ether oxygens (including phenoxy) is 8. The van der Waals surface area contributed by atoms with Gasteiger partial charge >= 0.3 is 8.56 Å². The Morgan fingerprint density at radius 3 is 1.06 bits per heavy atom. The van der Waals surface area contributed by atoms with E-state index in [-0.39, 0.29) is 26.4 Å². The minimum atomic E-state index is -2.35. The molecule has 4 unspecified atom stereocenters. The van der Waals surface area contributed by atoms with Crippen molar-refractivity contribution >= 4 is 25.2 Å². The van der Waals surface area contributed by atoms with E-state index < -0.39 is 37.4 Å². The molecule has 0 aromatic heterocycles. The number of unbranched alkanes of at least 4 members (excludes halogenated alkanes) is 2. The number of para-hydroxylation sites is 4. The van der Waals surface area contributed by atoms with Crippen molar-refractivity contribution in [2.45, 2.75) is 198 Å². The smallest absolute Gasteiger partial charge is 0.311 e. The van der Waals surface area contributed by atoms with E-state index in [1.54, 1.807) is 0 Å². The third-order valence-corrected chi connectivity index (χ3v) is 20.0. The number of benzene rings is 4. The molecule has 79 heavy (non-hydrogen) atoms. The Bertz CT molecular complexity index is 1750. The number of aliphatic hydroxyl groups is 2. The zero-order valence-electron chi connectivity index (χ0n) is 53.1. The van der Waals surface area contributed by atoms with Crippen LogP contribution < -0.4 is 18.9 Å². The standard InChI is InChI=1S/C30H52O8Si3.2C9H10O2.4C3H8.2C2H6/c1-39(2,21-15-9-14-20-33-22-27(31)24-35-29-16-10-7-11-17-29)37-41(5,6)38-40(3,4)26-34-23-28(32)25-36-30-18-12-8-13-19-30;2*1-2-4-8(5-3-1)10-6-9-7-11-9;4*1-3-2;2*1-2/h7-8,10-13,16-19,27-28,31-32H,9,14-15,20-26H2,1-6H3;2*1-5,9H,6-7H2;4*3H2,1-2H3;2*1-2H3. The van der Waals surface area contributed by atoms with Gasteiger partial charge in [-0.1, -0.05) is 194 Å². The first-order valence-electron chi connectivity index (χ1n) is 29.8. The van der Waals surface area contributed by atoms with Crippen LogP contribution in [-0.4, -0.2) is 126 Å². The second-order valence-electron chi connectivity index (χ2n) is 20.1. The molecule has 456 valence electrons. The fraction of sp³-hybridized carbons (Fsp3) is 0.625. The summed E-state index contributed by atoms with van der Waals surface area (Å²) in [4.78, 5) is 0. The van der Waals surface area contributed by atoms with E-state index >= 15 is 0 Å².